The molecule has 13 nitrogen and oxygen atoms in total. The Morgan fingerprint density at radius 1 is 1.00 bits per heavy atom. The van der Waals surface area contributed by atoms with Crippen molar-refractivity contribution >= 4 is 56.5 Å². The van der Waals surface area contributed by atoms with Crippen molar-refractivity contribution in [2.24, 2.45) is 5.92 Å². The van der Waals surface area contributed by atoms with Gasteiger partial charge in [-0.2, -0.15) is 0 Å². The minimum Gasteiger partial charge on any atom is -0.479 e. The fraction of sp³-hybridized carbons (Fsp3) is 0.447. The number of allylic oxidation sites excluding steroid dienone is 1. The van der Waals surface area contributed by atoms with Gasteiger partial charge < -0.3 is 30.1 Å². The SMILES string of the molecule is CC(C)(C)OC(=O)N[C@H]1CCCCCC=C[C@H]2C[C@@]2(C(=O)O)NC(=O)[C@@H]2C[C@@H](Oc3nc4ccccc4nc3-c3nc4ccccc4s3)CN2C1=O. The van der Waals surface area contributed by atoms with Gasteiger partial charge in [-0.3, -0.25) is 9.59 Å². The van der Waals surface area contributed by atoms with Crippen LogP contribution in [0.5, 0.6) is 5.88 Å². The van der Waals surface area contributed by atoms with E-state index in [1.54, 1.807) is 20.8 Å². The molecular weight excluding hydrogens is 685 g/mol. The molecule has 2 aromatic heterocycles. The highest BCUT2D eigenvalue weighted by atomic mass is 32.1. The molecule has 272 valence electrons. The number of amides is 3. The summed E-state index contributed by atoms with van der Waals surface area (Å²) in [5, 5.41) is 16.4. The topological polar surface area (TPSA) is 173 Å². The van der Waals surface area contributed by atoms with Crippen molar-refractivity contribution in [1.82, 2.24) is 30.5 Å². The first-order valence-electron chi connectivity index (χ1n) is 17.7. The van der Waals surface area contributed by atoms with Gasteiger partial charge in [0.15, 0.2) is 5.69 Å². The summed E-state index contributed by atoms with van der Waals surface area (Å²) in [6.07, 6.45) is 6.01. The van der Waals surface area contributed by atoms with Gasteiger partial charge >= 0.3 is 12.1 Å². The molecule has 0 spiro atoms. The fourth-order valence-electron chi connectivity index (χ4n) is 6.93. The Balaban J connectivity index is 1.23. The normalized spacial score (nSPS) is 25.4. The van der Waals surface area contributed by atoms with Crippen LogP contribution in [0.2, 0.25) is 0 Å². The van der Waals surface area contributed by atoms with Crippen molar-refractivity contribution in [2.75, 3.05) is 6.54 Å². The van der Waals surface area contributed by atoms with E-state index in [2.05, 4.69) is 10.6 Å². The Labute approximate surface area is 304 Å². The Hall–Kier alpha value is -5.11. The lowest BCUT2D eigenvalue weighted by Gasteiger charge is -2.30. The van der Waals surface area contributed by atoms with Gasteiger partial charge in [-0.1, -0.05) is 49.3 Å². The van der Waals surface area contributed by atoms with Crippen LogP contribution in [0.3, 0.4) is 0 Å². The fourth-order valence-corrected chi connectivity index (χ4v) is 7.88. The second kappa shape index (κ2) is 14.1. The molecule has 2 aromatic carbocycles. The molecule has 4 heterocycles. The van der Waals surface area contributed by atoms with E-state index in [1.165, 1.54) is 16.2 Å². The van der Waals surface area contributed by atoms with E-state index in [-0.39, 0.29) is 31.2 Å². The zero-order chi connectivity index (χ0) is 36.6. The van der Waals surface area contributed by atoms with Gasteiger partial charge in [0.05, 0.1) is 27.8 Å². The summed E-state index contributed by atoms with van der Waals surface area (Å²) in [7, 11) is 0. The van der Waals surface area contributed by atoms with E-state index < -0.39 is 53.2 Å². The van der Waals surface area contributed by atoms with E-state index in [9.17, 15) is 24.3 Å². The number of ether oxygens (including phenoxy) is 2. The van der Waals surface area contributed by atoms with Gasteiger partial charge in [0.2, 0.25) is 17.7 Å². The Kier molecular flexibility index (Phi) is 9.59. The van der Waals surface area contributed by atoms with E-state index in [1.807, 2.05) is 60.7 Å². The molecule has 0 bridgehead atoms. The van der Waals surface area contributed by atoms with Gasteiger partial charge in [0, 0.05) is 12.3 Å². The van der Waals surface area contributed by atoms with E-state index in [4.69, 9.17) is 24.4 Å². The van der Waals surface area contributed by atoms with E-state index in [0.717, 1.165) is 29.5 Å². The number of hydrogen-bond donors (Lipinski definition) is 3. The first-order valence-corrected chi connectivity index (χ1v) is 18.5. The predicted molar refractivity (Wildman–Crippen MR) is 195 cm³/mol. The van der Waals surface area contributed by atoms with Crippen LogP contribution in [-0.4, -0.2) is 84.7 Å². The minimum absolute atomic E-state index is 0.0133. The standard InChI is InChI=1S/C38H42N6O7S/c1-37(2,3)51-36(49)42-27-17-8-6-4-5-7-13-22-20-38(22,35(47)48)43-31(45)28-19-23(21-44(28)34(27)46)50-32-30(39-24-14-9-10-15-25(24)40-32)33-41-26-16-11-12-18-29(26)52-33/h7,9-16,18,22-23,27-28H,4-6,8,17,19-21H2,1-3H3,(H,42,49)(H,43,45)(H,47,48)/t22-,23+,27-,28-,38+/m0/s1. The number of rotatable bonds is 5. The van der Waals surface area contributed by atoms with Crippen molar-refractivity contribution in [1.29, 1.82) is 0 Å². The number of nitrogens with one attached hydrogen (secondary N) is 2. The summed E-state index contributed by atoms with van der Waals surface area (Å²) >= 11 is 1.45. The molecule has 7 rings (SSSR count). The number of para-hydroxylation sites is 3. The van der Waals surface area contributed by atoms with Crippen LogP contribution < -0.4 is 15.4 Å². The number of aromatic nitrogens is 3. The lowest BCUT2D eigenvalue weighted by atomic mass is 10.0. The quantitative estimate of drug-likeness (QED) is 0.219. The van der Waals surface area contributed by atoms with Crippen LogP contribution in [-0.2, 0) is 19.1 Å². The third-order valence-electron chi connectivity index (χ3n) is 9.63. The maximum absolute atomic E-state index is 14.4. The molecule has 0 radical (unpaired) electrons. The summed E-state index contributed by atoms with van der Waals surface area (Å²) in [5.41, 5.74) is 0.243. The average molecular weight is 727 g/mol. The number of fused-ring (bicyclic) bond motifs is 4. The predicted octanol–water partition coefficient (Wildman–Crippen LogP) is 5.63. The number of hydrogen-bond acceptors (Lipinski definition) is 10. The molecule has 0 unspecified atom stereocenters. The zero-order valence-electron chi connectivity index (χ0n) is 29.3. The summed E-state index contributed by atoms with van der Waals surface area (Å²) in [4.78, 5) is 69.9. The second-order valence-electron chi connectivity index (χ2n) is 14.7. The van der Waals surface area contributed by atoms with Gasteiger partial charge in [-0.15, -0.1) is 11.3 Å². The number of carboxylic acid groups (broad SMARTS) is 1. The Morgan fingerprint density at radius 2 is 1.73 bits per heavy atom. The number of nitrogens with zero attached hydrogens (tertiary/aromatic N) is 4. The molecule has 1 saturated heterocycles. The summed E-state index contributed by atoms with van der Waals surface area (Å²) in [6, 6.07) is 13.1. The molecule has 3 aliphatic rings. The van der Waals surface area contributed by atoms with Crippen molar-refractivity contribution in [3.05, 3.63) is 60.7 Å². The van der Waals surface area contributed by atoms with Crippen LogP contribution in [0.15, 0.2) is 60.7 Å². The van der Waals surface area contributed by atoms with Crippen molar-refractivity contribution in [3.63, 3.8) is 0 Å². The molecule has 52 heavy (non-hydrogen) atoms. The first-order chi connectivity index (χ1) is 24.9. The van der Waals surface area contributed by atoms with Gasteiger partial charge in [-0.25, -0.2) is 24.5 Å². The lowest BCUT2D eigenvalue weighted by molar-refractivity contribution is -0.145. The monoisotopic (exact) mass is 726 g/mol. The minimum atomic E-state index is -1.46. The van der Waals surface area contributed by atoms with Crippen LogP contribution in [0, 0.1) is 5.92 Å². The number of carboxylic acids is 1. The smallest absolute Gasteiger partial charge is 0.408 e. The number of thiazole rings is 1. The third kappa shape index (κ3) is 7.43. The molecule has 2 aliphatic heterocycles. The zero-order valence-corrected chi connectivity index (χ0v) is 30.2. The molecule has 1 aliphatic carbocycles. The molecule has 5 atom stereocenters. The van der Waals surface area contributed by atoms with Gasteiger partial charge in [0.1, 0.15) is 34.3 Å². The number of carbonyl (C=O) groups is 4. The largest absolute Gasteiger partial charge is 0.479 e. The highest BCUT2D eigenvalue weighted by Crippen LogP contribution is 2.45. The van der Waals surface area contributed by atoms with Crippen LogP contribution >= 0.6 is 11.3 Å². The van der Waals surface area contributed by atoms with E-state index >= 15 is 0 Å². The first kappa shape index (κ1) is 35.3. The number of benzene rings is 2. The van der Waals surface area contributed by atoms with Crippen LogP contribution in [0.25, 0.3) is 32.0 Å². The highest BCUT2D eigenvalue weighted by Gasteiger charge is 2.61. The lowest BCUT2D eigenvalue weighted by Crippen LogP contribution is -2.56. The molecule has 2 fully saturated rings. The molecule has 14 heteroatoms. The van der Waals surface area contributed by atoms with E-state index in [0.29, 0.717) is 34.6 Å². The number of carbonyl (C=O) groups excluding carboxylic acids is 3. The summed E-state index contributed by atoms with van der Waals surface area (Å²) < 4.78 is 13.0. The molecule has 4 aromatic rings. The van der Waals surface area contributed by atoms with Gasteiger partial charge in [0.25, 0.3) is 0 Å². The molecule has 1 saturated carbocycles. The van der Waals surface area contributed by atoms with Crippen molar-refractivity contribution < 1.29 is 33.8 Å². The number of aliphatic carboxylic acids is 1. The number of alkyl carbamates (subject to hydrolysis) is 1. The highest BCUT2D eigenvalue weighted by molar-refractivity contribution is 7.21. The molecule has 3 N–H and O–H groups in total. The van der Waals surface area contributed by atoms with Crippen molar-refractivity contribution in [3.8, 4) is 16.6 Å². The third-order valence-corrected chi connectivity index (χ3v) is 10.7. The van der Waals surface area contributed by atoms with Gasteiger partial charge in [-0.05, 0) is 70.7 Å². The summed E-state index contributed by atoms with van der Waals surface area (Å²) in [5.74, 6) is -2.35. The van der Waals surface area contributed by atoms with Crippen LogP contribution in [0.1, 0.15) is 65.7 Å². The maximum Gasteiger partial charge on any atom is 0.408 e. The summed E-state index contributed by atoms with van der Waals surface area (Å²) in [6.45, 7) is 5.20. The second-order valence-corrected chi connectivity index (χ2v) is 15.7. The Bertz CT molecular complexity index is 2030. The molecular formula is C38H42N6O7S. The maximum atomic E-state index is 14.4. The van der Waals surface area contributed by atoms with Crippen molar-refractivity contribution in [2.45, 2.75) is 95.0 Å². The average Bonchev–Trinajstić information content (AvgIpc) is 3.40. The molecule has 3 amide bonds. The Morgan fingerprint density at radius 3 is 2.46 bits per heavy atom. The van der Waals surface area contributed by atoms with Crippen LogP contribution in [0.4, 0.5) is 4.79 Å².